The molecule has 0 radical (unpaired) electrons. The Hall–Kier alpha value is -3.15. The highest BCUT2D eigenvalue weighted by atomic mass is 16.2. The number of nitrogens with one attached hydrogen (secondary N) is 1. The molecule has 3 amide bonds. The first kappa shape index (κ1) is 19.2. The zero-order valence-corrected chi connectivity index (χ0v) is 17.3. The lowest BCUT2D eigenvalue weighted by Crippen LogP contribution is -2.45. The third kappa shape index (κ3) is 3.50. The van der Waals surface area contributed by atoms with E-state index >= 15 is 0 Å². The topological polar surface area (TPSA) is 65.5 Å². The molecule has 3 heterocycles. The van der Waals surface area contributed by atoms with Crippen LogP contribution in [0.15, 0.2) is 60.1 Å². The van der Waals surface area contributed by atoms with Crippen molar-refractivity contribution in [3.8, 4) is 0 Å². The summed E-state index contributed by atoms with van der Waals surface area (Å²) in [6.07, 6.45) is 3.48. The fourth-order valence-corrected chi connectivity index (χ4v) is 3.89. The predicted molar refractivity (Wildman–Crippen MR) is 111 cm³/mol. The minimum absolute atomic E-state index is 0.0411. The molecule has 6 nitrogen and oxygen atoms in total. The van der Waals surface area contributed by atoms with Crippen LogP contribution in [-0.4, -0.2) is 40.3 Å². The van der Waals surface area contributed by atoms with Gasteiger partial charge in [0.25, 0.3) is 5.91 Å². The lowest BCUT2D eigenvalue weighted by Gasteiger charge is -2.31. The molecular weight excluding hydrogens is 364 g/mol. The third-order valence-corrected chi connectivity index (χ3v) is 5.64. The monoisotopic (exact) mass is 390 g/mol. The predicted octanol–water partition coefficient (Wildman–Crippen LogP) is 3.37. The molecule has 0 bridgehead atoms. The fraction of sp³-hybridized carbons (Fsp3) is 0.348. The number of rotatable bonds is 3. The van der Waals surface area contributed by atoms with Crippen LogP contribution in [0.1, 0.15) is 43.5 Å². The maximum absolute atomic E-state index is 13.3. The van der Waals surface area contributed by atoms with E-state index in [1.54, 1.807) is 29.2 Å². The number of urea groups is 1. The second-order valence-corrected chi connectivity index (χ2v) is 8.70. The van der Waals surface area contributed by atoms with Crippen molar-refractivity contribution in [3.63, 3.8) is 0 Å². The molecule has 1 atom stereocenters. The summed E-state index contributed by atoms with van der Waals surface area (Å²) in [4.78, 5) is 33.3. The van der Waals surface area contributed by atoms with E-state index in [1.165, 1.54) is 5.56 Å². The highest BCUT2D eigenvalue weighted by Crippen LogP contribution is 2.36. The summed E-state index contributed by atoms with van der Waals surface area (Å²) in [7, 11) is 1.71. The van der Waals surface area contributed by atoms with Crippen molar-refractivity contribution >= 4 is 11.9 Å². The second-order valence-electron chi connectivity index (χ2n) is 8.70. The summed E-state index contributed by atoms with van der Waals surface area (Å²) in [5.74, 6) is -0.0411. The first-order valence-corrected chi connectivity index (χ1v) is 9.81. The Labute approximate surface area is 171 Å². The van der Waals surface area contributed by atoms with Gasteiger partial charge in [0.15, 0.2) is 0 Å². The molecule has 29 heavy (non-hydrogen) atoms. The second kappa shape index (κ2) is 7.03. The molecule has 2 aromatic rings. The number of hydrogen-bond donors (Lipinski definition) is 1. The first-order valence-electron chi connectivity index (χ1n) is 9.81. The number of amides is 3. The zero-order chi connectivity index (χ0) is 20.8. The van der Waals surface area contributed by atoms with E-state index in [4.69, 9.17) is 0 Å². The molecule has 1 aromatic heterocycles. The van der Waals surface area contributed by atoms with Crippen LogP contribution in [-0.2, 0) is 16.8 Å². The van der Waals surface area contributed by atoms with E-state index in [1.807, 2.05) is 24.3 Å². The van der Waals surface area contributed by atoms with Crippen LogP contribution in [0.4, 0.5) is 4.79 Å². The summed E-state index contributed by atoms with van der Waals surface area (Å²) < 4.78 is 0. The Balaban J connectivity index is 1.65. The summed E-state index contributed by atoms with van der Waals surface area (Å²) in [6.45, 7) is 7.38. The van der Waals surface area contributed by atoms with Gasteiger partial charge in [0.1, 0.15) is 0 Å². The van der Waals surface area contributed by atoms with Gasteiger partial charge in [-0.1, -0.05) is 51.1 Å². The fourth-order valence-electron chi connectivity index (χ4n) is 3.89. The van der Waals surface area contributed by atoms with Gasteiger partial charge in [0.05, 0.1) is 23.9 Å². The molecule has 1 unspecified atom stereocenters. The Morgan fingerprint density at radius 3 is 2.48 bits per heavy atom. The van der Waals surface area contributed by atoms with E-state index in [0.29, 0.717) is 18.7 Å². The van der Waals surface area contributed by atoms with Crippen LogP contribution in [0.5, 0.6) is 0 Å². The first-order chi connectivity index (χ1) is 13.8. The quantitative estimate of drug-likeness (QED) is 0.874. The molecule has 0 spiro atoms. The van der Waals surface area contributed by atoms with E-state index in [-0.39, 0.29) is 17.4 Å². The van der Waals surface area contributed by atoms with E-state index in [2.05, 4.69) is 43.2 Å². The molecule has 0 aliphatic carbocycles. The number of carbonyl (C=O) groups is 2. The molecule has 0 saturated carbocycles. The molecular formula is C23H26N4O2. The number of hydrogen-bond acceptors (Lipinski definition) is 3. The summed E-state index contributed by atoms with van der Waals surface area (Å²) in [6, 6.07) is 11.4. The molecule has 6 heteroatoms. The van der Waals surface area contributed by atoms with Gasteiger partial charge < -0.3 is 10.2 Å². The number of carbonyl (C=O) groups excluding carboxylic acids is 2. The van der Waals surface area contributed by atoms with E-state index in [0.717, 1.165) is 16.8 Å². The molecule has 0 saturated heterocycles. The van der Waals surface area contributed by atoms with Gasteiger partial charge in [-0.15, -0.1) is 0 Å². The van der Waals surface area contributed by atoms with Crippen LogP contribution in [0, 0.1) is 0 Å². The van der Waals surface area contributed by atoms with E-state index in [9.17, 15) is 9.59 Å². The van der Waals surface area contributed by atoms with Gasteiger partial charge in [0, 0.05) is 26.0 Å². The Bertz CT molecular complexity index is 974. The normalized spacial score (nSPS) is 19.5. The summed E-state index contributed by atoms with van der Waals surface area (Å²) in [5.41, 5.74) is 4.57. The Kier molecular flexibility index (Phi) is 4.65. The van der Waals surface area contributed by atoms with Crippen molar-refractivity contribution in [2.75, 3.05) is 13.6 Å². The van der Waals surface area contributed by atoms with Crippen LogP contribution in [0.3, 0.4) is 0 Å². The number of likely N-dealkylation sites (N-methyl/N-ethyl adjacent to an activating group) is 1. The SMILES string of the molecule is CN1C(=O)NC(c2ccc(C(C)(C)C)cc2)C2=C1CN(Cc1cccnc1)C2=O. The molecule has 0 fully saturated rings. The lowest BCUT2D eigenvalue weighted by atomic mass is 9.85. The minimum Gasteiger partial charge on any atom is -0.329 e. The number of benzene rings is 1. The zero-order valence-electron chi connectivity index (χ0n) is 17.3. The van der Waals surface area contributed by atoms with Crippen molar-refractivity contribution in [1.29, 1.82) is 0 Å². The van der Waals surface area contributed by atoms with Gasteiger partial charge in [-0.25, -0.2) is 4.79 Å². The van der Waals surface area contributed by atoms with Gasteiger partial charge >= 0.3 is 6.03 Å². The minimum atomic E-state index is -0.436. The van der Waals surface area contributed by atoms with Crippen LogP contribution in [0.25, 0.3) is 0 Å². The number of nitrogens with zero attached hydrogens (tertiary/aromatic N) is 3. The summed E-state index contributed by atoms with van der Waals surface area (Å²) in [5, 5.41) is 3.00. The number of aromatic nitrogens is 1. The maximum Gasteiger partial charge on any atom is 0.322 e. The van der Waals surface area contributed by atoms with Crippen molar-refractivity contribution in [1.82, 2.24) is 20.1 Å². The van der Waals surface area contributed by atoms with Crippen LogP contribution < -0.4 is 5.32 Å². The van der Waals surface area contributed by atoms with E-state index < -0.39 is 6.04 Å². The van der Waals surface area contributed by atoms with Crippen LogP contribution >= 0.6 is 0 Å². The van der Waals surface area contributed by atoms with Crippen molar-refractivity contribution in [2.45, 2.75) is 38.8 Å². The van der Waals surface area contributed by atoms with Crippen molar-refractivity contribution in [3.05, 3.63) is 76.8 Å². The highest BCUT2D eigenvalue weighted by Gasteiger charge is 2.42. The number of pyridine rings is 1. The largest absolute Gasteiger partial charge is 0.329 e. The Morgan fingerprint density at radius 1 is 1.14 bits per heavy atom. The molecule has 1 N–H and O–H groups in total. The van der Waals surface area contributed by atoms with Crippen LogP contribution in [0.2, 0.25) is 0 Å². The molecule has 2 aliphatic rings. The molecule has 150 valence electrons. The standard InChI is InChI=1S/C23H26N4O2/c1-23(2,3)17-9-7-16(8-10-17)20-19-18(26(4)22(29)25-20)14-27(21(19)28)13-15-6-5-11-24-12-15/h5-12,20H,13-14H2,1-4H3,(H,25,29). The maximum atomic E-state index is 13.3. The van der Waals surface area contributed by atoms with Crippen molar-refractivity contribution < 1.29 is 9.59 Å². The Morgan fingerprint density at radius 2 is 1.86 bits per heavy atom. The van der Waals surface area contributed by atoms with Gasteiger partial charge in [0.2, 0.25) is 0 Å². The molecule has 2 aliphatic heterocycles. The highest BCUT2D eigenvalue weighted by molar-refractivity contribution is 6.01. The molecule has 1 aromatic carbocycles. The smallest absolute Gasteiger partial charge is 0.322 e. The average Bonchev–Trinajstić information content (AvgIpc) is 3.02. The van der Waals surface area contributed by atoms with Gasteiger partial charge in [-0.05, 0) is 28.2 Å². The average molecular weight is 390 g/mol. The lowest BCUT2D eigenvalue weighted by molar-refractivity contribution is -0.126. The summed E-state index contributed by atoms with van der Waals surface area (Å²) >= 11 is 0. The molecule has 4 rings (SSSR count). The van der Waals surface area contributed by atoms with Crippen molar-refractivity contribution in [2.24, 2.45) is 0 Å². The third-order valence-electron chi connectivity index (χ3n) is 5.64. The van der Waals surface area contributed by atoms with Gasteiger partial charge in [-0.2, -0.15) is 0 Å². The van der Waals surface area contributed by atoms with Gasteiger partial charge in [-0.3, -0.25) is 14.7 Å².